The van der Waals surface area contributed by atoms with E-state index in [1.54, 1.807) is 29.3 Å². The lowest BCUT2D eigenvalue weighted by atomic mass is 9.87. The van der Waals surface area contributed by atoms with Gasteiger partial charge in [-0.25, -0.2) is 9.48 Å². The number of fused-ring (bicyclic) bond motifs is 1. The summed E-state index contributed by atoms with van der Waals surface area (Å²) < 4.78 is 8.36. The fourth-order valence-corrected chi connectivity index (χ4v) is 5.27. The molecule has 1 saturated heterocycles. The second-order valence-corrected chi connectivity index (χ2v) is 9.29. The second kappa shape index (κ2) is 9.26. The second-order valence-electron chi connectivity index (χ2n) is 8.31. The van der Waals surface area contributed by atoms with Crippen molar-refractivity contribution in [2.75, 3.05) is 11.5 Å². The average molecular weight is 477 g/mol. The van der Waals surface area contributed by atoms with Crippen LogP contribution in [0.1, 0.15) is 29.3 Å². The van der Waals surface area contributed by atoms with E-state index in [0.29, 0.717) is 12.1 Å². The van der Waals surface area contributed by atoms with E-state index in [4.69, 9.17) is 4.74 Å². The number of amides is 1. The van der Waals surface area contributed by atoms with Crippen LogP contribution in [-0.2, 0) is 20.9 Å². The van der Waals surface area contributed by atoms with Gasteiger partial charge in [0.25, 0.3) is 0 Å². The molecule has 0 unspecified atom stereocenters. The van der Waals surface area contributed by atoms with Gasteiger partial charge in [-0.3, -0.25) is 14.0 Å². The van der Waals surface area contributed by atoms with Crippen LogP contribution in [0.25, 0.3) is 5.65 Å². The number of carbonyl (C=O) groups excluding carboxylic acids is 2. The molecule has 1 amide bonds. The van der Waals surface area contributed by atoms with Crippen LogP contribution >= 0.6 is 11.3 Å². The highest BCUT2D eigenvalue weighted by Crippen LogP contribution is 2.42. The Morgan fingerprint density at radius 2 is 1.94 bits per heavy atom. The molecule has 4 heterocycles. The van der Waals surface area contributed by atoms with Crippen molar-refractivity contribution in [2.24, 2.45) is 5.92 Å². The summed E-state index contributed by atoms with van der Waals surface area (Å²) in [5.41, 5.74) is 2.12. The number of rotatable bonds is 6. The smallest absolute Gasteiger partial charge is 0.350 e. The van der Waals surface area contributed by atoms with Crippen LogP contribution in [0, 0.1) is 12.8 Å². The molecule has 8 nitrogen and oxygen atoms in total. The first-order chi connectivity index (χ1) is 16.5. The number of ether oxygens (including phenoxy) is 1. The Balaban J connectivity index is 1.36. The molecule has 0 saturated carbocycles. The molecule has 4 aromatic rings. The minimum Gasteiger partial charge on any atom is -0.463 e. The zero-order chi connectivity index (χ0) is 23.7. The van der Waals surface area contributed by atoms with Crippen LogP contribution in [0.5, 0.6) is 0 Å². The largest absolute Gasteiger partial charge is 0.463 e. The van der Waals surface area contributed by atoms with Gasteiger partial charge in [0.1, 0.15) is 6.61 Å². The zero-order valence-corrected chi connectivity index (χ0v) is 19.5. The third kappa shape index (κ3) is 4.14. The van der Waals surface area contributed by atoms with Crippen molar-refractivity contribution in [1.29, 1.82) is 0 Å². The summed E-state index contributed by atoms with van der Waals surface area (Å²) in [5, 5.41) is 6.21. The summed E-state index contributed by atoms with van der Waals surface area (Å²) in [7, 11) is 0. The molecule has 34 heavy (non-hydrogen) atoms. The Kier molecular flexibility index (Phi) is 6.02. The fourth-order valence-electron chi connectivity index (χ4n) is 4.39. The molecule has 0 N–H and O–H groups in total. The summed E-state index contributed by atoms with van der Waals surface area (Å²) in [4.78, 5) is 41.3. The van der Waals surface area contributed by atoms with Gasteiger partial charge in [0.15, 0.2) is 5.65 Å². The van der Waals surface area contributed by atoms with E-state index in [9.17, 15) is 14.4 Å². The zero-order valence-electron chi connectivity index (χ0n) is 18.7. The number of pyridine rings is 1. The third-order valence-electron chi connectivity index (χ3n) is 6.08. The quantitative estimate of drug-likeness (QED) is 0.397. The van der Waals surface area contributed by atoms with Crippen LogP contribution in [-0.4, -0.2) is 32.7 Å². The number of esters is 1. The minimum atomic E-state index is -0.504. The summed E-state index contributed by atoms with van der Waals surface area (Å²) >= 11 is 1.52. The molecular weight excluding hydrogens is 452 g/mol. The molecule has 1 aliphatic heterocycles. The van der Waals surface area contributed by atoms with Gasteiger partial charge in [-0.2, -0.15) is 0 Å². The van der Waals surface area contributed by atoms with Gasteiger partial charge < -0.3 is 9.64 Å². The van der Waals surface area contributed by atoms with Crippen LogP contribution in [0.2, 0.25) is 0 Å². The Morgan fingerprint density at radius 1 is 1.12 bits per heavy atom. The number of hydrogen-bond donors (Lipinski definition) is 0. The highest BCUT2D eigenvalue weighted by molar-refractivity contribution is 7.10. The molecule has 1 aliphatic rings. The van der Waals surface area contributed by atoms with Crippen molar-refractivity contribution in [3.63, 3.8) is 0 Å². The van der Waals surface area contributed by atoms with Crippen molar-refractivity contribution in [1.82, 2.24) is 14.2 Å². The number of benzene rings is 1. The van der Waals surface area contributed by atoms with Crippen molar-refractivity contribution in [3.8, 4) is 0 Å². The van der Waals surface area contributed by atoms with Gasteiger partial charge in [-0.05, 0) is 49.1 Å². The topological polar surface area (TPSA) is 85.9 Å². The summed E-state index contributed by atoms with van der Waals surface area (Å²) in [6.45, 7) is 2.17. The van der Waals surface area contributed by atoms with E-state index in [-0.39, 0.29) is 37.1 Å². The monoisotopic (exact) mass is 476 g/mol. The lowest BCUT2D eigenvalue weighted by Crippen LogP contribution is -2.45. The number of aromatic nitrogens is 3. The van der Waals surface area contributed by atoms with E-state index in [0.717, 1.165) is 16.1 Å². The first-order valence-electron chi connectivity index (χ1n) is 11.2. The molecular formula is C25H24N4O4S. The SMILES string of the molecule is Cc1ccc(N2C(=O)CC[C@@H](C(=O)OCCn3nc4ccccn4c3=O)[C@@H]2c2cccs2)cc1. The highest BCUT2D eigenvalue weighted by atomic mass is 32.1. The van der Waals surface area contributed by atoms with Gasteiger partial charge in [0.05, 0.1) is 18.5 Å². The summed E-state index contributed by atoms with van der Waals surface area (Å²) in [5.74, 6) is -0.891. The van der Waals surface area contributed by atoms with E-state index in [1.807, 2.05) is 48.7 Å². The number of nitrogens with zero attached hydrogens (tertiary/aromatic N) is 4. The summed E-state index contributed by atoms with van der Waals surface area (Å²) in [6, 6.07) is 16.5. The van der Waals surface area contributed by atoms with E-state index >= 15 is 0 Å². The molecule has 2 atom stereocenters. The first-order valence-corrected chi connectivity index (χ1v) is 12.0. The van der Waals surface area contributed by atoms with Gasteiger partial charge in [0, 0.05) is 23.2 Å². The number of aryl methyl sites for hydroxylation is 1. The fraction of sp³-hybridized carbons (Fsp3) is 0.280. The Morgan fingerprint density at radius 3 is 2.68 bits per heavy atom. The maximum atomic E-state index is 13.2. The predicted octanol–water partition coefficient (Wildman–Crippen LogP) is 3.59. The van der Waals surface area contributed by atoms with Crippen molar-refractivity contribution in [2.45, 2.75) is 32.4 Å². The molecule has 1 fully saturated rings. The summed E-state index contributed by atoms with van der Waals surface area (Å²) in [6.07, 6.45) is 2.33. The van der Waals surface area contributed by atoms with Crippen LogP contribution in [0.4, 0.5) is 5.69 Å². The average Bonchev–Trinajstić information content (AvgIpc) is 3.48. The Bertz CT molecular complexity index is 1370. The number of thiophene rings is 1. The van der Waals surface area contributed by atoms with Crippen molar-refractivity contribution >= 4 is 34.5 Å². The molecule has 0 aliphatic carbocycles. The number of piperidine rings is 1. The van der Waals surface area contributed by atoms with Gasteiger partial charge >= 0.3 is 11.7 Å². The third-order valence-corrected chi connectivity index (χ3v) is 7.03. The molecule has 0 spiro atoms. The van der Waals surface area contributed by atoms with E-state index in [2.05, 4.69) is 5.10 Å². The van der Waals surface area contributed by atoms with Crippen molar-refractivity contribution < 1.29 is 14.3 Å². The van der Waals surface area contributed by atoms with Crippen LogP contribution in [0.15, 0.2) is 71.0 Å². The van der Waals surface area contributed by atoms with Gasteiger partial charge in [0.2, 0.25) is 5.91 Å². The lowest BCUT2D eigenvalue weighted by molar-refractivity contribution is -0.151. The maximum Gasteiger partial charge on any atom is 0.350 e. The molecule has 0 radical (unpaired) electrons. The highest BCUT2D eigenvalue weighted by Gasteiger charge is 2.42. The van der Waals surface area contributed by atoms with Gasteiger partial charge in [-0.1, -0.05) is 29.8 Å². The molecule has 1 aromatic carbocycles. The number of hydrogen-bond acceptors (Lipinski definition) is 6. The predicted molar refractivity (Wildman–Crippen MR) is 129 cm³/mol. The molecule has 9 heteroatoms. The molecule has 3 aromatic heterocycles. The Hall–Kier alpha value is -3.72. The van der Waals surface area contributed by atoms with E-state index in [1.165, 1.54) is 20.4 Å². The van der Waals surface area contributed by atoms with E-state index < -0.39 is 12.0 Å². The van der Waals surface area contributed by atoms with Crippen LogP contribution in [0.3, 0.4) is 0 Å². The number of anilines is 1. The van der Waals surface area contributed by atoms with Gasteiger partial charge in [-0.15, -0.1) is 16.4 Å². The molecule has 174 valence electrons. The standard InChI is InChI=1S/C25H24N4O4S/c1-17-7-9-18(10-8-17)29-22(30)12-11-19(23(29)20-5-4-16-34-20)24(31)33-15-14-28-25(32)27-13-3-2-6-21(27)26-28/h2-10,13,16,19,23H,11-12,14-15H2,1H3/t19-,23-/m1/s1. The first kappa shape index (κ1) is 22.1. The maximum absolute atomic E-state index is 13.2. The minimum absolute atomic E-state index is 0.0115. The lowest BCUT2D eigenvalue weighted by Gasteiger charge is -2.39. The molecule has 0 bridgehead atoms. The van der Waals surface area contributed by atoms with Crippen LogP contribution < -0.4 is 10.6 Å². The Labute approximate surface area is 200 Å². The van der Waals surface area contributed by atoms with Crippen molar-refractivity contribution in [3.05, 3.63) is 87.1 Å². The molecule has 5 rings (SSSR count). The normalized spacial score (nSPS) is 18.4. The number of carbonyl (C=O) groups is 2.